The van der Waals surface area contributed by atoms with Crippen LogP contribution in [0.1, 0.15) is 0 Å². The van der Waals surface area contributed by atoms with Crippen molar-refractivity contribution in [2.75, 3.05) is 0 Å². The van der Waals surface area contributed by atoms with Gasteiger partial charge < -0.3 is 12.3 Å². The summed E-state index contributed by atoms with van der Waals surface area (Å²) < 4.78 is 0. The molecule has 0 aromatic heterocycles. The Morgan fingerprint density at radius 1 is 1.38 bits per heavy atom. The summed E-state index contributed by atoms with van der Waals surface area (Å²) in [7, 11) is -0.956. The van der Waals surface area contributed by atoms with Crippen molar-refractivity contribution < 1.29 is 18.9 Å². The third-order valence-corrected chi connectivity index (χ3v) is 1.86. The molecule has 0 fully saturated rings. The molecule has 0 bridgehead atoms. The van der Waals surface area contributed by atoms with E-state index in [0.717, 1.165) is 6.04 Å². The Balaban J connectivity index is 0. The fourth-order valence-electron chi connectivity index (χ4n) is 0.265. The number of hydrogen-bond acceptors (Lipinski definition) is 0. The molecule has 0 aliphatic rings. The summed E-state index contributed by atoms with van der Waals surface area (Å²) in [4.78, 5) is 0. The van der Waals surface area contributed by atoms with Gasteiger partial charge >= 0.3 is 18.9 Å². The van der Waals surface area contributed by atoms with Crippen LogP contribution in [0.15, 0.2) is 0 Å². The number of rotatable bonds is 1. The van der Waals surface area contributed by atoms with Crippen LogP contribution in [0.2, 0.25) is 25.7 Å². The molecule has 0 nitrogen and oxygen atoms in total. The maximum atomic E-state index is 6.64. The average molecular weight is 118 g/mol. The van der Waals surface area contributed by atoms with E-state index in [-0.39, 0.29) is 18.9 Å². The van der Waals surface area contributed by atoms with Crippen LogP contribution in [0.25, 0.3) is 0 Å². The van der Waals surface area contributed by atoms with Gasteiger partial charge in [0.05, 0.1) is 8.07 Å². The van der Waals surface area contributed by atoms with E-state index in [4.69, 9.17) is 6.42 Å². The molecule has 0 aromatic carbocycles. The van der Waals surface area contributed by atoms with Crippen LogP contribution in [0.3, 0.4) is 0 Å². The molecule has 8 heavy (non-hydrogen) atoms. The first-order chi connectivity index (χ1) is 3.06. The molecule has 0 spiro atoms. The zero-order chi connectivity index (χ0) is 5.91. The largest absolute Gasteiger partial charge is 1.00 e. The van der Waals surface area contributed by atoms with Crippen molar-refractivity contribution in [3.05, 3.63) is 6.42 Å². The Hall–Kier alpha value is 0.374. The maximum Gasteiger partial charge on any atom is 1.00 e. The third-order valence-electron chi connectivity index (χ3n) is 0.619. The first-order valence-corrected chi connectivity index (χ1v) is 6.16. The van der Waals surface area contributed by atoms with E-state index in [0.29, 0.717) is 0 Å². The van der Waals surface area contributed by atoms with E-state index in [1.54, 1.807) is 0 Å². The first-order valence-electron chi connectivity index (χ1n) is 2.46. The van der Waals surface area contributed by atoms with Crippen molar-refractivity contribution >= 4 is 8.07 Å². The van der Waals surface area contributed by atoms with Crippen molar-refractivity contribution in [3.63, 3.8) is 0 Å². The van der Waals surface area contributed by atoms with Crippen LogP contribution in [-0.4, -0.2) is 8.07 Å². The Morgan fingerprint density at radius 2 is 1.75 bits per heavy atom. The molecule has 0 atom stereocenters. The number of hydrogen-bond donors (Lipinski definition) is 0. The predicted octanol–water partition coefficient (Wildman–Crippen LogP) is -1.08. The Bertz CT molecular complexity index is 85.7. The Kier molecular flexibility index (Phi) is 5.99. The first kappa shape index (κ1) is 11.2. The predicted molar refractivity (Wildman–Crippen MR) is 35.3 cm³/mol. The molecule has 0 amide bonds. The zero-order valence-electron chi connectivity index (χ0n) is 6.21. The van der Waals surface area contributed by atoms with Gasteiger partial charge in [0.2, 0.25) is 0 Å². The van der Waals surface area contributed by atoms with Crippen LogP contribution in [0, 0.1) is 12.3 Å². The topological polar surface area (TPSA) is 0 Å². The van der Waals surface area contributed by atoms with E-state index in [1.165, 1.54) is 0 Å². The summed E-state index contributed by atoms with van der Waals surface area (Å²) in [6.07, 6.45) is 6.64. The third kappa shape index (κ3) is 9.62. The normalized spacial score (nSPS) is 9.25. The van der Waals surface area contributed by atoms with Crippen LogP contribution < -0.4 is 18.9 Å². The molecule has 2 heteroatoms. The molecule has 0 aliphatic heterocycles. The van der Waals surface area contributed by atoms with Crippen LogP contribution in [0.5, 0.6) is 0 Å². The standard InChI is InChI=1S/C6H11Si.Li/c1-5-6-7(2,3)4;/h6H2,2-4H3;/q-1;+1. The molecule has 0 aliphatic carbocycles. The maximum absolute atomic E-state index is 6.64. The summed E-state index contributed by atoms with van der Waals surface area (Å²) in [6, 6.07) is 0.896. The van der Waals surface area contributed by atoms with Gasteiger partial charge in [0.25, 0.3) is 0 Å². The van der Waals surface area contributed by atoms with E-state index in [1.807, 2.05) is 0 Å². The summed E-state index contributed by atoms with van der Waals surface area (Å²) in [5.74, 6) is 2.42. The molecule has 40 valence electrons. The molecule has 0 saturated heterocycles. The molecule has 0 rings (SSSR count). The summed E-state index contributed by atoms with van der Waals surface area (Å²) in [5.41, 5.74) is 0. The van der Waals surface area contributed by atoms with Crippen molar-refractivity contribution in [1.82, 2.24) is 0 Å². The van der Waals surface area contributed by atoms with Gasteiger partial charge in [-0.1, -0.05) is 19.6 Å². The fourth-order valence-corrected chi connectivity index (χ4v) is 0.795. The molecule has 0 unspecified atom stereocenters. The summed E-state index contributed by atoms with van der Waals surface area (Å²) in [5, 5.41) is 0. The van der Waals surface area contributed by atoms with E-state index >= 15 is 0 Å². The molecule has 0 heterocycles. The Labute approximate surface area is 65.2 Å². The minimum absolute atomic E-state index is 0. The second kappa shape index (κ2) is 4.27. The molecule has 0 aromatic rings. The molecular weight excluding hydrogens is 107 g/mol. The van der Waals surface area contributed by atoms with Gasteiger partial charge in [-0.05, 0) is 6.04 Å². The van der Waals surface area contributed by atoms with Crippen LogP contribution in [-0.2, 0) is 0 Å². The summed E-state index contributed by atoms with van der Waals surface area (Å²) >= 11 is 0. The van der Waals surface area contributed by atoms with Gasteiger partial charge in [0, 0.05) is 0 Å². The van der Waals surface area contributed by atoms with E-state index in [2.05, 4.69) is 25.6 Å². The van der Waals surface area contributed by atoms with Gasteiger partial charge in [-0.25, -0.2) is 0 Å². The van der Waals surface area contributed by atoms with Crippen molar-refractivity contribution in [2.24, 2.45) is 0 Å². The molecule has 0 N–H and O–H groups in total. The second-order valence-corrected chi connectivity index (χ2v) is 8.39. The Morgan fingerprint density at radius 3 is 1.75 bits per heavy atom. The van der Waals surface area contributed by atoms with E-state index < -0.39 is 8.07 Å². The summed E-state index contributed by atoms with van der Waals surface area (Å²) in [6.45, 7) is 6.69. The fraction of sp³-hybridized carbons (Fsp3) is 0.667. The minimum Gasteiger partial charge on any atom is -0.694 e. The second-order valence-electron chi connectivity index (χ2n) is 2.91. The van der Waals surface area contributed by atoms with Gasteiger partial charge in [0.15, 0.2) is 0 Å². The monoisotopic (exact) mass is 118 g/mol. The average Bonchev–Trinajstić information content (AvgIpc) is 1.30. The molecule has 0 saturated carbocycles. The van der Waals surface area contributed by atoms with Gasteiger partial charge in [-0.15, -0.1) is 0 Å². The molecular formula is C6H11LiSi. The zero-order valence-corrected chi connectivity index (χ0v) is 7.21. The van der Waals surface area contributed by atoms with Crippen LogP contribution in [0.4, 0.5) is 0 Å². The van der Waals surface area contributed by atoms with Crippen LogP contribution >= 0.6 is 0 Å². The molecule has 0 radical (unpaired) electrons. The minimum atomic E-state index is -0.956. The van der Waals surface area contributed by atoms with Crippen molar-refractivity contribution in [1.29, 1.82) is 0 Å². The van der Waals surface area contributed by atoms with Gasteiger partial charge in [0.1, 0.15) is 0 Å². The quantitative estimate of drug-likeness (QED) is 0.233. The SMILES string of the molecule is [C-]#CC[Si](C)(C)C.[Li+]. The smallest absolute Gasteiger partial charge is 0.694 e. The van der Waals surface area contributed by atoms with Crippen molar-refractivity contribution in [2.45, 2.75) is 25.7 Å². The van der Waals surface area contributed by atoms with E-state index in [9.17, 15) is 0 Å². The van der Waals surface area contributed by atoms with Gasteiger partial charge in [-0.2, -0.15) is 0 Å². The van der Waals surface area contributed by atoms with Gasteiger partial charge in [-0.3, -0.25) is 0 Å². The van der Waals surface area contributed by atoms with Crippen molar-refractivity contribution in [3.8, 4) is 5.92 Å².